The predicted molar refractivity (Wildman–Crippen MR) is 98.5 cm³/mol. The second-order valence-corrected chi connectivity index (χ2v) is 8.21. The van der Waals surface area contributed by atoms with Crippen molar-refractivity contribution in [1.82, 2.24) is 5.32 Å². The van der Waals surface area contributed by atoms with E-state index in [4.69, 9.17) is 4.42 Å². The number of carbonyl (C=O) groups excluding carboxylic acids is 1. The number of nitrogens with one attached hydrogen (secondary N) is 1. The molecule has 0 saturated carbocycles. The largest absolute Gasteiger partial charge is 0.468 e. The van der Waals surface area contributed by atoms with Gasteiger partial charge in [0, 0.05) is 12.1 Å². The molecule has 1 atom stereocenters. The van der Waals surface area contributed by atoms with Gasteiger partial charge in [-0.1, -0.05) is 17.7 Å². The number of aryl methyl sites for hydroxylation is 1. The summed E-state index contributed by atoms with van der Waals surface area (Å²) in [4.78, 5) is 12.4. The molecule has 2 aromatic carbocycles. The van der Waals surface area contributed by atoms with Crippen LogP contribution < -0.4 is 5.32 Å². The maximum Gasteiger partial charge on any atom is 0.251 e. The molecular weight excluding hydrogens is 369 g/mol. The van der Waals surface area contributed by atoms with E-state index in [0.29, 0.717) is 0 Å². The van der Waals surface area contributed by atoms with Gasteiger partial charge < -0.3 is 9.73 Å². The molecule has 7 heteroatoms. The Kier molecular flexibility index (Phi) is 5.41. The highest BCUT2D eigenvalue weighted by Gasteiger charge is 2.31. The number of carbonyl (C=O) groups is 1. The summed E-state index contributed by atoms with van der Waals surface area (Å²) in [5, 5.41) is 1.51. The summed E-state index contributed by atoms with van der Waals surface area (Å²) >= 11 is 0. The average Bonchev–Trinajstić information content (AvgIpc) is 3.16. The molecule has 1 aromatic heterocycles. The highest BCUT2D eigenvalue weighted by atomic mass is 32.2. The molecule has 5 nitrogen and oxygen atoms in total. The summed E-state index contributed by atoms with van der Waals surface area (Å²) in [6.45, 7) is 1.68. The summed E-state index contributed by atoms with van der Waals surface area (Å²) in [6.07, 6.45) is 1.38. The van der Waals surface area contributed by atoms with Crippen LogP contribution in [0, 0.1) is 12.7 Å². The number of furan rings is 1. The minimum Gasteiger partial charge on any atom is -0.468 e. The van der Waals surface area contributed by atoms with E-state index in [1.54, 1.807) is 24.3 Å². The first kappa shape index (κ1) is 18.8. The number of sulfone groups is 1. The average molecular weight is 387 g/mol. The molecule has 0 spiro atoms. The van der Waals surface area contributed by atoms with E-state index >= 15 is 0 Å². The topological polar surface area (TPSA) is 76.4 Å². The molecule has 140 valence electrons. The van der Waals surface area contributed by atoms with Crippen molar-refractivity contribution in [2.45, 2.75) is 17.1 Å². The Balaban J connectivity index is 1.85. The van der Waals surface area contributed by atoms with Crippen LogP contribution in [0.1, 0.15) is 26.9 Å². The lowest BCUT2D eigenvalue weighted by molar-refractivity contribution is 0.0953. The van der Waals surface area contributed by atoms with Crippen molar-refractivity contribution in [3.8, 4) is 0 Å². The lowest BCUT2D eigenvalue weighted by atomic mass is 10.2. The van der Waals surface area contributed by atoms with E-state index in [1.165, 1.54) is 42.7 Å². The van der Waals surface area contributed by atoms with Crippen LogP contribution in [0.25, 0.3) is 0 Å². The van der Waals surface area contributed by atoms with Crippen molar-refractivity contribution in [3.05, 3.63) is 89.6 Å². The van der Waals surface area contributed by atoms with Gasteiger partial charge >= 0.3 is 0 Å². The van der Waals surface area contributed by atoms with Gasteiger partial charge in [0.25, 0.3) is 5.91 Å². The molecule has 0 bridgehead atoms. The second-order valence-electron chi connectivity index (χ2n) is 6.08. The third kappa shape index (κ3) is 4.25. The van der Waals surface area contributed by atoms with Crippen molar-refractivity contribution in [3.63, 3.8) is 0 Å². The first-order valence-electron chi connectivity index (χ1n) is 8.25. The van der Waals surface area contributed by atoms with E-state index in [9.17, 15) is 17.6 Å². The minimum atomic E-state index is -3.79. The van der Waals surface area contributed by atoms with Crippen LogP contribution >= 0.6 is 0 Å². The highest BCUT2D eigenvalue weighted by molar-refractivity contribution is 7.91. The van der Waals surface area contributed by atoms with Gasteiger partial charge in [-0.15, -0.1) is 0 Å². The van der Waals surface area contributed by atoms with Crippen LogP contribution in [0.15, 0.2) is 76.2 Å². The van der Waals surface area contributed by atoms with Crippen LogP contribution in [-0.2, 0) is 9.84 Å². The number of hydrogen-bond donors (Lipinski definition) is 1. The normalized spacial score (nSPS) is 12.5. The summed E-state index contributed by atoms with van der Waals surface area (Å²) in [7, 11) is -3.79. The SMILES string of the molecule is Cc1ccc(S(=O)(=O)C(CNC(=O)c2ccc(F)cc2)c2ccco2)cc1. The van der Waals surface area contributed by atoms with Crippen LogP contribution in [-0.4, -0.2) is 20.9 Å². The molecule has 0 saturated heterocycles. The lowest BCUT2D eigenvalue weighted by Crippen LogP contribution is -2.31. The molecule has 0 radical (unpaired) electrons. The van der Waals surface area contributed by atoms with Gasteiger partial charge in [-0.2, -0.15) is 0 Å². The van der Waals surface area contributed by atoms with Gasteiger partial charge in [0.1, 0.15) is 16.8 Å². The zero-order valence-corrected chi connectivity index (χ0v) is 15.4. The van der Waals surface area contributed by atoms with Crippen LogP contribution in [0.3, 0.4) is 0 Å². The molecule has 1 heterocycles. The zero-order valence-electron chi connectivity index (χ0n) is 14.6. The number of hydrogen-bond acceptors (Lipinski definition) is 4. The van der Waals surface area contributed by atoms with Crippen LogP contribution in [0.2, 0.25) is 0 Å². The fourth-order valence-electron chi connectivity index (χ4n) is 2.62. The number of amides is 1. The standard InChI is InChI=1S/C20H18FNO4S/c1-14-4-10-17(11-5-14)27(24,25)19(18-3-2-12-26-18)13-22-20(23)15-6-8-16(21)9-7-15/h2-12,19H,13H2,1H3,(H,22,23). The van der Waals surface area contributed by atoms with Crippen LogP contribution in [0.4, 0.5) is 4.39 Å². The Morgan fingerprint density at radius 1 is 1.07 bits per heavy atom. The van der Waals surface area contributed by atoms with Crippen molar-refractivity contribution in [2.24, 2.45) is 0 Å². The van der Waals surface area contributed by atoms with Gasteiger partial charge in [-0.05, 0) is 55.5 Å². The Morgan fingerprint density at radius 2 is 1.74 bits per heavy atom. The third-order valence-corrected chi connectivity index (χ3v) is 6.22. The van der Waals surface area contributed by atoms with E-state index in [1.807, 2.05) is 6.92 Å². The number of rotatable bonds is 6. The van der Waals surface area contributed by atoms with Gasteiger partial charge in [0.15, 0.2) is 9.84 Å². The maximum atomic E-state index is 13.1. The van der Waals surface area contributed by atoms with E-state index in [-0.39, 0.29) is 22.8 Å². The molecular formula is C20H18FNO4S. The molecule has 27 heavy (non-hydrogen) atoms. The Morgan fingerprint density at radius 3 is 2.33 bits per heavy atom. The monoisotopic (exact) mass is 387 g/mol. The van der Waals surface area contributed by atoms with Crippen molar-refractivity contribution in [1.29, 1.82) is 0 Å². The predicted octanol–water partition coefficient (Wildman–Crippen LogP) is 3.67. The first-order valence-corrected chi connectivity index (χ1v) is 9.80. The highest BCUT2D eigenvalue weighted by Crippen LogP contribution is 2.29. The number of halogens is 1. The molecule has 0 aliphatic heterocycles. The smallest absolute Gasteiger partial charge is 0.251 e. The molecule has 0 aliphatic carbocycles. The fourth-order valence-corrected chi connectivity index (χ4v) is 4.21. The third-order valence-electron chi connectivity index (χ3n) is 4.14. The molecule has 1 amide bonds. The Labute approximate surface area is 156 Å². The minimum absolute atomic E-state index is 0.144. The molecule has 1 N–H and O–H groups in total. The summed E-state index contributed by atoms with van der Waals surface area (Å²) in [6, 6.07) is 14.6. The van der Waals surface area contributed by atoms with Crippen LogP contribution in [0.5, 0.6) is 0 Å². The van der Waals surface area contributed by atoms with Gasteiger partial charge in [-0.25, -0.2) is 12.8 Å². The van der Waals surface area contributed by atoms with E-state index in [2.05, 4.69) is 5.32 Å². The zero-order chi connectivity index (χ0) is 19.4. The van der Waals surface area contributed by atoms with Gasteiger partial charge in [0.2, 0.25) is 0 Å². The van der Waals surface area contributed by atoms with E-state index < -0.39 is 26.8 Å². The summed E-state index contributed by atoms with van der Waals surface area (Å²) in [5.41, 5.74) is 1.18. The Bertz CT molecular complexity index is 1010. The molecule has 3 aromatic rings. The molecule has 0 fully saturated rings. The first-order chi connectivity index (χ1) is 12.9. The van der Waals surface area contributed by atoms with E-state index in [0.717, 1.165) is 5.56 Å². The Hall–Kier alpha value is -2.93. The van der Waals surface area contributed by atoms with Crippen molar-refractivity contribution >= 4 is 15.7 Å². The van der Waals surface area contributed by atoms with Crippen molar-refractivity contribution in [2.75, 3.05) is 6.54 Å². The second kappa shape index (κ2) is 7.75. The molecule has 3 rings (SSSR count). The van der Waals surface area contributed by atoms with Gasteiger partial charge in [0.05, 0.1) is 11.2 Å². The fraction of sp³-hybridized carbons (Fsp3) is 0.150. The molecule has 0 aliphatic rings. The summed E-state index contributed by atoms with van der Waals surface area (Å²) in [5.74, 6) is -0.720. The quantitative estimate of drug-likeness (QED) is 0.700. The van der Waals surface area contributed by atoms with Gasteiger partial charge in [-0.3, -0.25) is 4.79 Å². The molecule has 1 unspecified atom stereocenters. The summed E-state index contributed by atoms with van der Waals surface area (Å²) < 4.78 is 44.4. The lowest BCUT2D eigenvalue weighted by Gasteiger charge is -2.17. The van der Waals surface area contributed by atoms with Crippen molar-refractivity contribution < 1.29 is 22.0 Å². The number of benzene rings is 2. The maximum absolute atomic E-state index is 13.1.